The molecule has 1 N–H and O–H groups in total. The van der Waals surface area contributed by atoms with Gasteiger partial charge in [0, 0.05) is 12.3 Å². The topological polar surface area (TPSA) is 47.6 Å². The number of unbranched alkanes of at least 4 members (excludes halogenated alkanes) is 1. The molecule has 0 radical (unpaired) electrons. The molecule has 0 aliphatic heterocycles. The Kier molecular flexibility index (Phi) is 8.15. The molecule has 1 aliphatic rings. The molecule has 1 aliphatic carbocycles. The van der Waals surface area contributed by atoms with E-state index >= 15 is 0 Å². The highest BCUT2D eigenvalue weighted by atomic mass is 16.5. The van der Waals surface area contributed by atoms with E-state index in [0.29, 0.717) is 12.5 Å². The number of nitrogens with one attached hydrogen (secondary N) is 1. The standard InChI is InChI=1S/C23H37NO3/c1-6-8-14-26-21-18(4)15-20(16-19(21)5)24-22(25)23(27-13-7-2)11-9-17(3)10-12-23/h15-17H,6-14H2,1-5H3,(H,24,25). The van der Waals surface area contributed by atoms with Crippen LogP contribution in [0.3, 0.4) is 0 Å². The smallest absolute Gasteiger partial charge is 0.256 e. The molecule has 152 valence electrons. The summed E-state index contributed by atoms with van der Waals surface area (Å²) in [4.78, 5) is 13.2. The molecule has 4 nitrogen and oxygen atoms in total. The van der Waals surface area contributed by atoms with Crippen molar-refractivity contribution in [3.8, 4) is 5.75 Å². The maximum atomic E-state index is 13.2. The van der Waals surface area contributed by atoms with Crippen LogP contribution in [0.15, 0.2) is 12.1 Å². The van der Waals surface area contributed by atoms with Gasteiger partial charge in [0.15, 0.2) is 0 Å². The Hall–Kier alpha value is -1.55. The summed E-state index contributed by atoms with van der Waals surface area (Å²) in [5.41, 5.74) is 2.26. The van der Waals surface area contributed by atoms with Gasteiger partial charge in [-0.05, 0) is 81.5 Å². The molecule has 0 unspecified atom stereocenters. The second kappa shape index (κ2) is 10.1. The van der Waals surface area contributed by atoms with Gasteiger partial charge in [-0.25, -0.2) is 0 Å². The average molecular weight is 376 g/mol. The third kappa shape index (κ3) is 5.71. The van der Waals surface area contributed by atoms with Gasteiger partial charge in [0.1, 0.15) is 11.4 Å². The van der Waals surface area contributed by atoms with Crippen LogP contribution < -0.4 is 10.1 Å². The van der Waals surface area contributed by atoms with Crippen LogP contribution in [0.4, 0.5) is 5.69 Å². The quantitative estimate of drug-likeness (QED) is 0.555. The summed E-state index contributed by atoms with van der Waals surface area (Å²) in [6.07, 6.45) is 6.77. The second-order valence-corrected chi connectivity index (χ2v) is 8.12. The predicted molar refractivity (Wildman–Crippen MR) is 112 cm³/mol. The summed E-state index contributed by atoms with van der Waals surface area (Å²) in [5, 5.41) is 3.13. The van der Waals surface area contributed by atoms with Crippen LogP contribution in [0.25, 0.3) is 0 Å². The zero-order valence-electron chi connectivity index (χ0n) is 17.8. The number of carbonyl (C=O) groups is 1. The largest absolute Gasteiger partial charge is 0.493 e. The van der Waals surface area contributed by atoms with Crippen LogP contribution in [0.5, 0.6) is 5.75 Å². The molecule has 27 heavy (non-hydrogen) atoms. The summed E-state index contributed by atoms with van der Waals surface area (Å²) < 4.78 is 12.0. The van der Waals surface area contributed by atoms with E-state index in [9.17, 15) is 4.79 Å². The number of rotatable bonds is 9. The molecule has 0 saturated heterocycles. The monoisotopic (exact) mass is 375 g/mol. The molecule has 1 fully saturated rings. The van der Waals surface area contributed by atoms with Gasteiger partial charge in [-0.15, -0.1) is 0 Å². The lowest BCUT2D eigenvalue weighted by molar-refractivity contribution is -0.147. The Morgan fingerprint density at radius 3 is 2.30 bits per heavy atom. The van der Waals surface area contributed by atoms with Gasteiger partial charge in [0.25, 0.3) is 5.91 Å². The molecule has 1 aromatic rings. The molecule has 1 aromatic carbocycles. The Morgan fingerprint density at radius 2 is 1.74 bits per heavy atom. The van der Waals surface area contributed by atoms with Gasteiger partial charge in [-0.3, -0.25) is 4.79 Å². The number of aryl methyl sites for hydroxylation is 2. The lowest BCUT2D eigenvalue weighted by Crippen LogP contribution is -2.48. The van der Waals surface area contributed by atoms with Gasteiger partial charge in [-0.1, -0.05) is 27.2 Å². The van der Waals surface area contributed by atoms with E-state index in [-0.39, 0.29) is 5.91 Å². The Balaban J connectivity index is 2.12. The first-order valence-electron chi connectivity index (χ1n) is 10.6. The number of hydrogen-bond acceptors (Lipinski definition) is 3. The number of ether oxygens (including phenoxy) is 2. The fourth-order valence-corrected chi connectivity index (χ4v) is 3.78. The summed E-state index contributed by atoms with van der Waals surface area (Å²) in [7, 11) is 0. The van der Waals surface area contributed by atoms with Crippen molar-refractivity contribution in [1.29, 1.82) is 0 Å². The van der Waals surface area contributed by atoms with Crippen LogP contribution in [-0.2, 0) is 9.53 Å². The lowest BCUT2D eigenvalue weighted by atomic mass is 9.78. The third-order valence-corrected chi connectivity index (χ3v) is 5.54. The number of benzene rings is 1. The number of amides is 1. The van der Waals surface area contributed by atoms with Crippen molar-refractivity contribution < 1.29 is 14.3 Å². The van der Waals surface area contributed by atoms with Gasteiger partial charge in [-0.2, -0.15) is 0 Å². The maximum Gasteiger partial charge on any atom is 0.256 e. The van der Waals surface area contributed by atoms with E-state index < -0.39 is 5.60 Å². The Bertz CT molecular complexity index is 590. The molecule has 0 atom stereocenters. The SMILES string of the molecule is CCCCOc1c(C)cc(NC(=O)C2(OCCC)CCC(C)CC2)cc1C. The van der Waals surface area contributed by atoms with Crippen molar-refractivity contribution in [2.24, 2.45) is 5.92 Å². The first-order chi connectivity index (χ1) is 12.9. The highest BCUT2D eigenvalue weighted by Crippen LogP contribution is 2.36. The van der Waals surface area contributed by atoms with Gasteiger partial charge < -0.3 is 14.8 Å². The first-order valence-corrected chi connectivity index (χ1v) is 10.6. The first kappa shape index (κ1) is 21.7. The van der Waals surface area contributed by atoms with Crippen molar-refractivity contribution in [3.63, 3.8) is 0 Å². The minimum absolute atomic E-state index is 0.00120. The summed E-state index contributed by atoms with van der Waals surface area (Å²) in [6, 6.07) is 4.01. The van der Waals surface area contributed by atoms with Gasteiger partial charge in [0.05, 0.1) is 6.61 Å². The highest BCUT2D eigenvalue weighted by Gasteiger charge is 2.42. The van der Waals surface area contributed by atoms with Crippen LogP contribution in [0.2, 0.25) is 0 Å². The molecular formula is C23H37NO3. The van der Waals surface area contributed by atoms with Crippen molar-refractivity contribution in [2.45, 2.75) is 85.2 Å². The van der Waals surface area contributed by atoms with Crippen molar-refractivity contribution in [3.05, 3.63) is 23.3 Å². The van der Waals surface area contributed by atoms with E-state index in [4.69, 9.17) is 9.47 Å². The normalized spacial score (nSPS) is 22.5. The predicted octanol–water partition coefficient (Wildman–Crippen LogP) is 5.80. The fourth-order valence-electron chi connectivity index (χ4n) is 3.78. The molecule has 1 saturated carbocycles. The number of hydrogen-bond donors (Lipinski definition) is 1. The van der Waals surface area contributed by atoms with Crippen molar-refractivity contribution >= 4 is 11.6 Å². The molecule has 1 amide bonds. The van der Waals surface area contributed by atoms with Gasteiger partial charge in [0.2, 0.25) is 0 Å². The molecule has 0 bridgehead atoms. The van der Waals surface area contributed by atoms with Crippen LogP contribution >= 0.6 is 0 Å². The van der Waals surface area contributed by atoms with E-state index in [2.05, 4.69) is 26.1 Å². The summed E-state index contributed by atoms with van der Waals surface area (Å²) in [5.74, 6) is 1.60. The number of anilines is 1. The zero-order valence-corrected chi connectivity index (χ0v) is 17.8. The fraction of sp³-hybridized carbons (Fsp3) is 0.696. The molecule has 0 heterocycles. The molecule has 2 rings (SSSR count). The lowest BCUT2D eigenvalue weighted by Gasteiger charge is -2.38. The van der Waals surface area contributed by atoms with E-state index in [0.717, 1.165) is 74.1 Å². The second-order valence-electron chi connectivity index (χ2n) is 8.12. The Morgan fingerprint density at radius 1 is 1.11 bits per heavy atom. The van der Waals surface area contributed by atoms with E-state index in [1.165, 1.54) is 0 Å². The molecule has 4 heteroatoms. The van der Waals surface area contributed by atoms with Gasteiger partial charge >= 0.3 is 0 Å². The minimum Gasteiger partial charge on any atom is -0.493 e. The van der Waals surface area contributed by atoms with Crippen molar-refractivity contribution in [1.82, 2.24) is 0 Å². The van der Waals surface area contributed by atoms with E-state index in [1.807, 2.05) is 26.0 Å². The molecule has 0 aromatic heterocycles. The molecule has 0 spiro atoms. The third-order valence-electron chi connectivity index (χ3n) is 5.54. The Labute approximate surface area is 165 Å². The van der Waals surface area contributed by atoms with Crippen LogP contribution in [0, 0.1) is 19.8 Å². The maximum absolute atomic E-state index is 13.2. The molecular weight excluding hydrogens is 338 g/mol. The highest BCUT2D eigenvalue weighted by molar-refractivity contribution is 5.97. The summed E-state index contributed by atoms with van der Waals surface area (Å²) in [6.45, 7) is 11.9. The van der Waals surface area contributed by atoms with E-state index in [1.54, 1.807) is 0 Å². The zero-order chi connectivity index (χ0) is 19.9. The average Bonchev–Trinajstić information content (AvgIpc) is 2.64. The van der Waals surface area contributed by atoms with Crippen LogP contribution in [-0.4, -0.2) is 24.7 Å². The van der Waals surface area contributed by atoms with Crippen LogP contribution in [0.1, 0.15) is 76.8 Å². The number of carbonyl (C=O) groups excluding carboxylic acids is 1. The summed E-state index contributed by atoms with van der Waals surface area (Å²) >= 11 is 0. The minimum atomic E-state index is -0.680. The van der Waals surface area contributed by atoms with Crippen molar-refractivity contribution in [2.75, 3.05) is 18.5 Å².